The van der Waals surface area contributed by atoms with Gasteiger partial charge in [0, 0.05) is 22.9 Å². The maximum atomic E-state index is 6.22. The molecular formula is C23H20O. The van der Waals surface area contributed by atoms with Crippen molar-refractivity contribution in [2.45, 2.75) is 20.3 Å². The molecule has 3 aromatic carbocycles. The first-order valence-corrected chi connectivity index (χ1v) is 8.34. The molecule has 0 saturated heterocycles. The standard InChI is InChI=1S/C23H20O/c1-16-7-11-18(12-8-16)15-21-20-5-3-4-6-22(20)24-23(21)19-13-9-17(2)10-14-19/h3-14H,15H2,1-2H3. The maximum absolute atomic E-state index is 6.22. The van der Waals surface area contributed by atoms with Crippen molar-refractivity contribution >= 4 is 11.0 Å². The predicted octanol–water partition coefficient (Wildman–Crippen LogP) is 6.31. The average Bonchev–Trinajstić information content (AvgIpc) is 2.96. The van der Waals surface area contributed by atoms with Gasteiger partial charge >= 0.3 is 0 Å². The van der Waals surface area contributed by atoms with E-state index < -0.39 is 0 Å². The van der Waals surface area contributed by atoms with Crippen LogP contribution in [0.15, 0.2) is 77.2 Å². The largest absolute Gasteiger partial charge is 0.456 e. The van der Waals surface area contributed by atoms with Crippen molar-refractivity contribution < 1.29 is 4.42 Å². The molecule has 0 atom stereocenters. The lowest BCUT2D eigenvalue weighted by Crippen LogP contribution is -1.90. The number of fused-ring (bicyclic) bond motifs is 1. The van der Waals surface area contributed by atoms with Crippen LogP contribution in [0.25, 0.3) is 22.3 Å². The summed E-state index contributed by atoms with van der Waals surface area (Å²) in [6, 6.07) is 25.6. The summed E-state index contributed by atoms with van der Waals surface area (Å²) >= 11 is 0. The predicted molar refractivity (Wildman–Crippen MR) is 100 cm³/mol. The van der Waals surface area contributed by atoms with Crippen LogP contribution in [-0.4, -0.2) is 0 Å². The smallest absolute Gasteiger partial charge is 0.138 e. The number of rotatable bonds is 3. The molecule has 1 nitrogen and oxygen atoms in total. The van der Waals surface area contributed by atoms with Crippen LogP contribution in [-0.2, 0) is 6.42 Å². The third kappa shape index (κ3) is 2.74. The molecular weight excluding hydrogens is 292 g/mol. The molecule has 0 unspecified atom stereocenters. The van der Waals surface area contributed by atoms with Crippen LogP contribution >= 0.6 is 0 Å². The van der Waals surface area contributed by atoms with Crippen molar-refractivity contribution in [3.8, 4) is 11.3 Å². The van der Waals surface area contributed by atoms with Crippen LogP contribution in [0, 0.1) is 13.8 Å². The molecule has 0 saturated carbocycles. The highest BCUT2D eigenvalue weighted by molar-refractivity contribution is 5.88. The van der Waals surface area contributed by atoms with Gasteiger partial charge in [0.15, 0.2) is 0 Å². The molecule has 0 bridgehead atoms. The van der Waals surface area contributed by atoms with Crippen LogP contribution in [0.4, 0.5) is 0 Å². The molecule has 0 aliphatic rings. The Morgan fingerprint density at radius 3 is 2.04 bits per heavy atom. The third-order valence-corrected chi connectivity index (χ3v) is 4.51. The zero-order valence-electron chi connectivity index (χ0n) is 14.0. The summed E-state index contributed by atoms with van der Waals surface area (Å²) < 4.78 is 6.22. The van der Waals surface area contributed by atoms with E-state index in [1.807, 2.05) is 12.1 Å². The lowest BCUT2D eigenvalue weighted by atomic mass is 9.98. The van der Waals surface area contributed by atoms with E-state index in [1.54, 1.807) is 0 Å². The van der Waals surface area contributed by atoms with E-state index in [1.165, 1.54) is 27.6 Å². The molecule has 118 valence electrons. The van der Waals surface area contributed by atoms with E-state index in [0.29, 0.717) is 0 Å². The fraction of sp³-hybridized carbons (Fsp3) is 0.130. The summed E-state index contributed by atoms with van der Waals surface area (Å²) in [4.78, 5) is 0. The van der Waals surface area contributed by atoms with Gasteiger partial charge in [-0.15, -0.1) is 0 Å². The molecule has 0 amide bonds. The van der Waals surface area contributed by atoms with E-state index in [-0.39, 0.29) is 0 Å². The van der Waals surface area contributed by atoms with E-state index in [9.17, 15) is 0 Å². The fourth-order valence-corrected chi connectivity index (χ4v) is 3.12. The van der Waals surface area contributed by atoms with Crippen molar-refractivity contribution in [1.82, 2.24) is 0 Å². The van der Waals surface area contributed by atoms with Gasteiger partial charge in [0.25, 0.3) is 0 Å². The number of hydrogen-bond donors (Lipinski definition) is 0. The Morgan fingerprint density at radius 2 is 1.33 bits per heavy atom. The topological polar surface area (TPSA) is 13.1 Å². The van der Waals surface area contributed by atoms with E-state index in [4.69, 9.17) is 4.42 Å². The van der Waals surface area contributed by atoms with Crippen molar-refractivity contribution in [2.75, 3.05) is 0 Å². The molecule has 0 fully saturated rings. The van der Waals surface area contributed by atoms with E-state index in [2.05, 4.69) is 74.5 Å². The average molecular weight is 312 g/mol. The van der Waals surface area contributed by atoms with Gasteiger partial charge in [0.2, 0.25) is 0 Å². The van der Waals surface area contributed by atoms with Crippen LogP contribution < -0.4 is 0 Å². The summed E-state index contributed by atoms with van der Waals surface area (Å²) in [6.45, 7) is 4.23. The molecule has 1 heteroatoms. The molecule has 0 N–H and O–H groups in total. The normalized spacial score (nSPS) is 11.1. The SMILES string of the molecule is Cc1ccc(Cc2c(-c3ccc(C)cc3)oc3ccccc23)cc1. The number of furan rings is 1. The Labute approximate surface area is 142 Å². The monoisotopic (exact) mass is 312 g/mol. The lowest BCUT2D eigenvalue weighted by molar-refractivity contribution is 0.628. The molecule has 0 spiro atoms. The molecule has 0 radical (unpaired) electrons. The first kappa shape index (κ1) is 14.8. The van der Waals surface area contributed by atoms with Gasteiger partial charge in [-0.1, -0.05) is 77.9 Å². The number of hydrogen-bond acceptors (Lipinski definition) is 1. The summed E-state index contributed by atoms with van der Waals surface area (Å²) in [7, 11) is 0. The van der Waals surface area contributed by atoms with Gasteiger partial charge in [-0.3, -0.25) is 0 Å². The van der Waals surface area contributed by atoms with Crippen molar-refractivity contribution in [3.05, 3.63) is 95.1 Å². The van der Waals surface area contributed by atoms with Gasteiger partial charge in [-0.25, -0.2) is 0 Å². The number of aryl methyl sites for hydroxylation is 2. The van der Waals surface area contributed by atoms with Crippen molar-refractivity contribution in [3.63, 3.8) is 0 Å². The second-order valence-corrected chi connectivity index (χ2v) is 6.43. The van der Waals surface area contributed by atoms with Gasteiger partial charge in [-0.2, -0.15) is 0 Å². The first-order valence-electron chi connectivity index (χ1n) is 8.34. The van der Waals surface area contributed by atoms with Gasteiger partial charge in [-0.05, 0) is 25.5 Å². The minimum Gasteiger partial charge on any atom is -0.456 e. The molecule has 0 aliphatic heterocycles. The Balaban J connectivity index is 1.86. The second-order valence-electron chi connectivity index (χ2n) is 6.43. The van der Waals surface area contributed by atoms with Gasteiger partial charge < -0.3 is 4.42 Å². The Kier molecular flexibility index (Phi) is 3.70. The quantitative estimate of drug-likeness (QED) is 0.432. The number of para-hydroxylation sites is 1. The highest BCUT2D eigenvalue weighted by Gasteiger charge is 2.16. The zero-order valence-corrected chi connectivity index (χ0v) is 14.0. The number of benzene rings is 3. The highest BCUT2D eigenvalue weighted by Crippen LogP contribution is 2.35. The molecule has 1 heterocycles. The molecule has 24 heavy (non-hydrogen) atoms. The summed E-state index contributed by atoms with van der Waals surface area (Å²) in [6.07, 6.45) is 0.875. The van der Waals surface area contributed by atoms with Crippen molar-refractivity contribution in [1.29, 1.82) is 0 Å². The molecule has 0 aliphatic carbocycles. The highest BCUT2D eigenvalue weighted by atomic mass is 16.3. The van der Waals surface area contributed by atoms with Gasteiger partial charge in [0.05, 0.1) is 0 Å². The van der Waals surface area contributed by atoms with Crippen LogP contribution in [0.5, 0.6) is 0 Å². The van der Waals surface area contributed by atoms with Crippen LogP contribution in [0.1, 0.15) is 22.3 Å². The molecule has 4 aromatic rings. The molecule has 4 rings (SSSR count). The zero-order chi connectivity index (χ0) is 16.5. The molecule has 1 aromatic heterocycles. The minimum atomic E-state index is 0.875. The first-order chi connectivity index (χ1) is 11.7. The maximum Gasteiger partial charge on any atom is 0.138 e. The summed E-state index contributed by atoms with van der Waals surface area (Å²) in [5.41, 5.74) is 7.21. The fourth-order valence-electron chi connectivity index (χ4n) is 3.12. The Morgan fingerprint density at radius 1 is 0.708 bits per heavy atom. The van der Waals surface area contributed by atoms with E-state index in [0.717, 1.165) is 23.3 Å². The van der Waals surface area contributed by atoms with Crippen LogP contribution in [0.2, 0.25) is 0 Å². The van der Waals surface area contributed by atoms with Crippen LogP contribution in [0.3, 0.4) is 0 Å². The summed E-state index contributed by atoms with van der Waals surface area (Å²) in [5.74, 6) is 0.983. The third-order valence-electron chi connectivity index (χ3n) is 4.51. The minimum absolute atomic E-state index is 0.875. The Hall–Kier alpha value is -2.80. The second kappa shape index (κ2) is 6.01. The van der Waals surface area contributed by atoms with E-state index >= 15 is 0 Å². The summed E-state index contributed by atoms with van der Waals surface area (Å²) in [5, 5.41) is 1.20. The lowest BCUT2D eigenvalue weighted by Gasteiger charge is -2.05. The Bertz CT molecular complexity index is 973. The van der Waals surface area contributed by atoms with Gasteiger partial charge in [0.1, 0.15) is 11.3 Å². The van der Waals surface area contributed by atoms with Crippen molar-refractivity contribution in [2.24, 2.45) is 0 Å².